The van der Waals surface area contributed by atoms with Crippen LogP contribution in [0.2, 0.25) is 0 Å². The number of rotatable bonds is 5. The normalized spacial score (nSPS) is 12.3. The summed E-state index contributed by atoms with van der Waals surface area (Å²) in [6, 6.07) is 18.7. The summed E-state index contributed by atoms with van der Waals surface area (Å²) in [5.74, 6) is 0. The fraction of sp³-hybridized carbons (Fsp3) is 0.250. The molecular formula is C16H19NO. The molecule has 1 atom stereocenters. The molecule has 0 aliphatic carbocycles. The van der Waals surface area contributed by atoms with Crippen molar-refractivity contribution in [3.63, 3.8) is 0 Å². The van der Waals surface area contributed by atoms with E-state index in [1.54, 1.807) is 7.11 Å². The topological polar surface area (TPSA) is 35.2 Å². The zero-order valence-corrected chi connectivity index (χ0v) is 10.7. The molecular weight excluding hydrogens is 222 g/mol. The van der Waals surface area contributed by atoms with Gasteiger partial charge in [0.05, 0.1) is 6.61 Å². The average Bonchev–Trinajstić information content (AvgIpc) is 2.42. The molecule has 1 unspecified atom stereocenters. The molecule has 0 aromatic heterocycles. The number of benzene rings is 2. The standard InChI is InChI=1S/C16H19NO/c1-18-12-14-9-7-13(8-10-14)11-16(17)15-5-3-2-4-6-15/h2-10,16H,11-12,17H2,1H3. The Balaban J connectivity index is 2.01. The Morgan fingerprint density at radius 1 is 0.944 bits per heavy atom. The average molecular weight is 241 g/mol. The van der Waals surface area contributed by atoms with E-state index in [0.29, 0.717) is 6.61 Å². The van der Waals surface area contributed by atoms with Crippen molar-refractivity contribution < 1.29 is 4.74 Å². The van der Waals surface area contributed by atoms with Gasteiger partial charge in [0.1, 0.15) is 0 Å². The number of nitrogens with two attached hydrogens (primary N) is 1. The lowest BCUT2D eigenvalue weighted by Gasteiger charge is -2.12. The summed E-state index contributed by atoms with van der Waals surface area (Å²) < 4.78 is 5.09. The van der Waals surface area contributed by atoms with Gasteiger partial charge in [-0.1, -0.05) is 54.6 Å². The molecule has 2 nitrogen and oxygen atoms in total. The van der Waals surface area contributed by atoms with Gasteiger partial charge in [0.25, 0.3) is 0 Å². The van der Waals surface area contributed by atoms with Gasteiger partial charge >= 0.3 is 0 Å². The van der Waals surface area contributed by atoms with Crippen LogP contribution in [0.25, 0.3) is 0 Å². The molecule has 0 fully saturated rings. The van der Waals surface area contributed by atoms with Crippen LogP contribution in [0.5, 0.6) is 0 Å². The van der Waals surface area contributed by atoms with Crippen LogP contribution in [-0.2, 0) is 17.8 Å². The van der Waals surface area contributed by atoms with Gasteiger partial charge in [-0.25, -0.2) is 0 Å². The summed E-state index contributed by atoms with van der Waals surface area (Å²) in [6.45, 7) is 0.658. The maximum absolute atomic E-state index is 6.20. The molecule has 2 N–H and O–H groups in total. The maximum atomic E-state index is 6.20. The van der Waals surface area contributed by atoms with Gasteiger partial charge in [-0.3, -0.25) is 0 Å². The van der Waals surface area contributed by atoms with Crippen LogP contribution in [0, 0.1) is 0 Å². The number of ether oxygens (including phenoxy) is 1. The zero-order chi connectivity index (χ0) is 12.8. The monoisotopic (exact) mass is 241 g/mol. The fourth-order valence-corrected chi connectivity index (χ4v) is 2.01. The SMILES string of the molecule is COCc1ccc(CC(N)c2ccccc2)cc1. The first-order valence-corrected chi connectivity index (χ1v) is 6.17. The molecule has 2 heteroatoms. The second-order valence-electron chi connectivity index (χ2n) is 4.47. The highest BCUT2D eigenvalue weighted by Gasteiger charge is 2.06. The molecule has 2 aromatic carbocycles. The fourth-order valence-electron chi connectivity index (χ4n) is 2.01. The molecule has 0 spiro atoms. The van der Waals surface area contributed by atoms with Crippen molar-refractivity contribution in [2.45, 2.75) is 19.1 Å². The summed E-state index contributed by atoms with van der Waals surface area (Å²) in [6.07, 6.45) is 0.858. The second kappa shape index (κ2) is 6.34. The minimum atomic E-state index is 0.0551. The van der Waals surface area contributed by atoms with E-state index in [-0.39, 0.29) is 6.04 Å². The highest BCUT2D eigenvalue weighted by atomic mass is 16.5. The van der Waals surface area contributed by atoms with E-state index in [1.165, 1.54) is 16.7 Å². The molecule has 0 heterocycles. The van der Waals surface area contributed by atoms with E-state index >= 15 is 0 Å². The van der Waals surface area contributed by atoms with Gasteiger partial charge in [0.15, 0.2) is 0 Å². The first kappa shape index (κ1) is 12.8. The van der Waals surface area contributed by atoms with E-state index in [1.807, 2.05) is 18.2 Å². The van der Waals surface area contributed by atoms with Crippen molar-refractivity contribution in [2.24, 2.45) is 5.73 Å². The van der Waals surface area contributed by atoms with Crippen molar-refractivity contribution >= 4 is 0 Å². The number of methoxy groups -OCH3 is 1. The molecule has 0 aliphatic heterocycles. The molecule has 2 aromatic rings. The van der Waals surface area contributed by atoms with Crippen molar-refractivity contribution in [3.8, 4) is 0 Å². The third-order valence-corrected chi connectivity index (χ3v) is 3.02. The van der Waals surface area contributed by atoms with E-state index in [0.717, 1.165) is 6.42 Å². The lowest BCUT2D eigenvalue weighted by molar-refractivity contribution is 0.185. The van der Waals surface area contributed by atoms with Crippen LogP contribution in [0.3, 0.4) is 0 Å². The predicted octanol–water partition coefficient (Wildman–Crippen LogP) is 3.08. The van der Waals surface area contributed by atoms with Crippen molar-refractivity contribution in [1.29, 1.82) is 0 Å². The molecule has 0 aliphatic rings. The molecule has 2 rings (SSSR count). The van der Waals surface area contributed by atoms with Gasteiger partial charge in [-0.15, -0.1) is 0 Å². The molecule has 0 saturated carbocycles. The van der Waals surface area contributed by atoms with Crippen LogP contribution in [0.1, 0.15) is 22.7 Å². The Kier molecular flexibility index (Phi) is 4.51. The van der Waals surface area contributed by atoms with Gasteiger partial charge in [0.2, 0.25) is 0 Å². The minimum absolute atomic E-state index is 0.0551. The minimum Gasteiger partial charge on any atom is -0.380 e. The Hall–Kier alpha value is -1.64. The predicted molar refractivity (Wildman–Crippen MR) is 74.2 cm³/mol. The summed E-state index contributed by atoms with van der Waals surface area (Å²) in [5, 5.41) is 0. The lowest BCUT2D eigenvalue weighted by atomic mass is 9.99. The quantitative estimate of drug-likeness (QED) is 0.873. The summed E-state index contributed by atoms with van der Waals surface area (Å²) >= 11 is 0. The lowest BCUT2D eigenvalue weighted by Crippen LogP contribution is -2.13. The Labute approximate surface area is 108 Å². The van der Waals surface area contributed by atoms with Crippen LogP contribution in [-0.4, -0.2) is 7.11 Å². The van der Waals surface area contributed by atoms with E-state index in [4.69, 9.17) is 10.5 Å². The van der Waals surface area contributed by atoms with Gasteiger partial charge in [-0.05, 0) is 23.1 Å². The van der Waals surface area contributed by atoms with Gasteiger partial charge in [0, 0.05) is 13.2 Å². The second-order valence-corrected chi connectivity index (χ2v) is 4.47. The van der Waals surface area contributed by atoms with Crippen molar-refractivity contribution in [1.82, 2.24) is 0 Å². The van der Waals surface area contributed by atoms with E-state index < -0.39 is 0 Å². The Morgan fingerprint density at radius 2 is 1.56 bits per heavy atom. The highest BCUT2D eigenvalue weighted by Crippen LogP contribution is 2.16. The molecule has 0 bridgehead atoms. The van der Waals surface area contributed by atoms with Crippen LogP contribution in [0.15, 0.2) is 54.6 Å². The van der Waals surface area contributed by atoms with Crippen LogP contribution < -0.4 is 5.73 Å². The zero-order valence-electron chi connectivity index (χ0n) is 10.7. The van der Waals surface area contributed by atoms with Crippen molar-refractivity contribution in [2.75, 3.05) is 7.11 Å². The van der Waals surface area contributed by atoms with Crippen molar-refractivity contribution in [3.05, 3.63) is 71.3 Å². The first-order valence-electron chi connectivity index (χ1n) is 6.17. The Bertz CT molecular complexity index is 464. The molecule has 0 radical (unpaired) electrons. The first-order chi connectivity index (χ1) is 8.79. The summed E-state index contributed by atoms with van der Waals surface area (Å²) in [5.41, 5.74) is 9.82. The smallest absolute Gasteiger partial charge is 0.0713 e. The van der Waals surface area contributed by atoms with Gasteiger partial charge < -0.3 is 10.5 Å². The van der Waals surface area contributed by atoms with Gasteiger partial charge in [-0.2, -0.15) is 0 Å². The summed E-state index contributed by atoms with van der Waals surface area (Å²) in [4.78, 5) is 0. The van der Waals surface area contributed by atoms with E-state index in [9.17, 15) is 0 Å². The largest absolute Gasteiger partial charge is 0.380 e. The third-order valence-electron chi connectivity index (χ3n) is 3.02. The van der Waals surface area contributed by atoms with Crippen LogP contribution in [0.4, 0.5) is 0 Å². The molecule has 0 saturated heterocycles. The third kappa shape index (κ3) is 3.42. The highest BCUT2D eigenvalue weighted by molar-refractivity contribution is 5.26. The van der Waals surface area contributed by atoms with E-state index in [2.05, 4.69) is 36.4 Å². The van der Waals surface area contributed by atoms with Crippen LogP contribution >= 0.6 is 0 Å². The molecule has 18 heavy (non-hydrogen) atoms. The molecule has 0 amide bonds. The number of hydrogen-bond donors (Lipinski definition) is 1. The number of hydrogen-bond acceptors (Lipinski definition) is 2. The Morgan fingerprint density at radius 3 is 2.17 bits per heavy atom. The summed E-state index contributed by atoms with van der Waals surface area (Å²) in [7, 11) is 1.71. The maximum Gasteiger partial charge on any atom is 0.0713 e. The molecule has 94 valence electrons.